The highest BCUT2D eigenvalue weighted by Crippen LogP contribution is 2.30. The second-order valence-electron chi connectivity index (χ2n) is 3.89. The predicted molar refractivity (Wildman–Crippen MR) is 69.0 cm³/mol. The number of hydrogen-bond donors (Lipinski definition) is 1. The van der Waals surface area contributed by atoms with Crippen molar-refractivity contribution in [2.24, 2.45) is 12.8 Å². The molecule has 0 spiro atoms. The van der Waals surface area contributed by atoms with Crippen LogP contribution in [0.5, 0.6) is 0 Å². The molecule has 0 bridgehead atoms. The van der Waals surface area contributed by atoms with Crippen LogP contribution in [-0.2, 0) is 13.5 Å². The first kappa shape index (κ1) is 13.2. The first-order valence-electron chi connectivity index (χ1n) is 5.41. The molecule has 0 unspecified atom stereocenters. The summed E-state index contributed by atoms with van der Waals surface area (Å²) in [4.78, 5) is 4.30. The molecule has 0 atom stereocenters. The standard InChI is InChI=1S/C12H12BrF2N3/c1-18-10(4-5-16)17-11(12(18)13)8-6-7(14)2-3-9(8)15/h2-3,6H,4-5,16H2,1H3. The van der Waals surface area contributed by atoms with E-state index in [4.69, 9.17) is 5.73 Å². The van der Waals surface area contributed by atoms with Crippen LogP contribution in [-0.4, -0.2) is 16.1 Å². The van der Waals surface area contributed by atoms with Crippen LogP contribution in [0.15, 0.2) is 22.8 Å². The maximum absolute atomic E-state index is 13.7. The Kier molecular flexibility index (Phi) is 3.77. The molecule has 0 aliphatic heterocycles. The van der Waals surface area contributed by atoms with Crippen molar-refractivity contribution in [3.63, 3.8) is 0 Å². The third kappa shape index (κ3) is 2.30. The quantitative estimate of drug-likeness (QED) is 0.946. The molecule has 0 saturated heterocycles. The number of aromatic nitrogens is 2. The Morgan fingerprint density at radius 3 is 2.78 bits per heavy atom. The van der Waals surface area contributed by atoms with Gasteiger partial charge in [0.05, 0.1) is 0 Å². The van der Waals surface area contributed by atoms with E-state index in [1.54, 1.807) is 11.6 Å². The summed E-state index contributed by atoms with van der Waals surface area (Å²) in [7, 11) is 1.79. The molecule has 0 amide bonds. The Labute approximate surface area is 112 Å². The third-order valence-corrected chi connectivity index (χ3v) is 3.58. The van der Waals surface area contributed by atoms with Gasteiger partial charge in [-0.25, -0.2) is 13.8 Å². The van der Waals surface area contributed by atoms with Crippen molar-refractivity contribution in [2.75, 3.05) is 6.54 Å². The van der Waals surface area contributed by atoms with Crippen LogP contribution in [0, 0.1) is 11.6 Å². The fourth-order valence-electron chi connectivity index (χ4n) is 1.73. The van der Waals surface area contributed by atoms with E-state index in [-0.39, 0.29) is 5.56 Å². The zero-order chi connectivity index (χ0) is 13.3. The number of halogens is 3. The van der Waals surface area contributed by atoms with Gasteiger partial charge in [0, 0.05) is 19.0 Å². The molecule has 6 heteroatoms. The lowest BCUT2D eigenvalue weighted by molar-refractivity contribution is 0.602. The van der Waals surface area contributed by atoms with Gasteiger partial charge in [0.1, 0.15) is 27.8 Å². The number of imidazole rings is 1. The van der Waals surface area contributed by atoms with E-state index in [0.29, 0.717) is 23.3 Å². The average molecular weight is 316 g/mol. The van der Waals surface area contributed by atoms with Gasteiger partial charge in [-0.1, -0.05) is 0 Å². The molecule has 18 heavy (non-hydrogen) atoms. The Bertz CT molecular complexity index is 581. The van der Waals surface area contributed by atoms with Crippen molar-refractivity contribution in [2.45, 2.75) is 6.42 Å². The van der Waals surface area contributed by atoms with Crippen molar-refractivity contribution in [1.29, 1.82) is 0 Å². The van der Waals surface area contributed by atoms with E-state index < -0.39 is 11.6 Å². The van der Waals surface area contributed by atoms with Crippen molar-refractivity contribution in [3.05, 3.63) is 40.3 Å². The van der Waals surface area contributed by atoms with E-state index in [1.165, 1.54) is 0 Å². The molecule has 96 valence electrons. The van der Waals surface area contributed by atoms with Crippen LogP contribution in [0.2, 0.25) is 0 Å². The smallest absolute Gasteiger partial charge is 0.132 e. The molecule has 1 heterocycles. The van der Waals surface area contributed by atoms with Gasteiger partial charge < -0.3 is 10.3 Å². The van der Waals surface area contributed by atoms with Gasteiger partial charge in [-0.3, -0.25) is 0 Å². The summed E-state index contributed by atoms with van der Waals surface area (Å²) < 4.78 is 29.3. The summed E-state index contributed by atoms with van der Waals surface area (Å²) in [5.41, 5.74) is 6.01. The van der Waals surface area contributed by atoms with E-state index >= 15 is 0 Å². The number of rotatable bonds is 3. The summed E-state index contributed by atoms with van der Waals surface area (Å²) in [6.45, 7) is 0.447. The first-order valence-corrected chi connectivity index (χ1v) is 6.20. The molecule has 2 rings (SSSR count). The van der Waals surface area contributed by atoms with Crippen molar-refractivity contribution in [1.82, 2.24) is 9.55 Å². The largest absolute Gasteiger partial charge is 0.330 e. The summed E-state index contributed by atoms with van der Waals surface area (Å²) >= 11 is 3.34. The maximum atomic E-state index is 13.7. The van der Waals surface area contributed by atoms with Gasteiger partial charge in [0.15, 0.2) is 0 Å². The maximum Gasteiger partial charge on any atom is 0.132 e. The van der Waals surface area contributed by atoms with Crippen LogP contribution >= 0.6 is 15.9 Å². The molecule has 1 aromatic carbocycles. The van der Waals surface area contributed by atoms with E-state index in [9.17, 15) is 8.78 Å². The SMILES string of the molecule is Cn1c(CCN)nc(-c2cc(F)ccc2F)c1Br. The average Bonchev–Trinajstić information content (AvgIpc) is 2.61. The van der Waals surface area contributed by atoms with Gasteiger partial charge in [0.25, 0.3) is 0 Å². The van der Waals surface area contributed by atoms with E-state index in [0.717, 1.165) is 24.0 Å². The summed E-state index contributed by atoms with van der Waals surface area (Å²) in [5.74, 6) is -0.276. The second-order valence-corrected chi connectivity index (χ2v) is 4.64. The van der Waals surface area contributed by atoms with Gasteiger partial charge >= 0.3 is 0 Å². The predicted octanol–water partition coefficient (Wildman–Crippen LogP) is 2.63. The van der Waals surface area contributed by atoms with Crippen LogP contribution in [0.25, 0.3) is 11.3 Å². The molecule has 0 saturated carbocycles. The molecule has 0 fully saturated rings. The van der Waals surface area contributed by atoms with Crippen LogP contribution < -0.4 is 5.73 Å². The summed E-state index contributed by atoms with van der Waals surface area (Å²) in [5, 5.41) is 0. The fraction of sp³-hybridized carbons (Fsp3) is 0.250. The molecule has 1 aromatic heterocycles. The Balaban J connectivity index is 2.57. The number of nitrogens with two attached hydrogens (primary N) is 1. The lowest BCUT2D eigenvalue weighted by Crippen LogP contribution is -2.07. The lowest BCUT2D eigenvalue weighted by atomic mass is 10.1. The van der Waals surface area contributed by atoms with E-state index in [1.807, 2.05) is 0 Å². The summed E-state index contributed by atoms with van der Waals surface area (Å²) in [6.07, 6.45) is 0.575. The fourth-order valence-corrected chi connectivity index (χ4v) is 2.23. The molecule has 3 nitrogen and oxygen atoms in total. The van der Waals surface area contributed by atoms with Gasteiger partial charge in [-0.15, -0.1) is 0 Å². The highest BCUT2D eigenvalue weighted by Gasteiger charge is 2.17. The molecular weight excluding hydrogens is 304 g/mol. The highest BCUT2D eigenvalue weighted by molar-refractivity contribution is 9.10. The normalized spacial score (nSPS) is 10.9. The first-order chi connectivity index (χ1) is 8.54. The summed E-state index contributed by atoms with van der Waals surface area (Å²) in [6, 6.07) is 3.31. The van der Waals surface area contributed by atoms with Crippen LogP contribution in [0.1, 0.15) is 5.82 Å². The minimum atomic E-state index is -0.505. The van der Waals surface area contributed by atoms with Crippen molar-refractivity contribution >= 4 is 15.9 Å². The van der Waals surface area contributed by atoms with E-state index in [2.05, 4.69) is 20.9 Å². The number of nitrogens with zero attached hydrogens (tertiary/aromatic N) is 2. The Morgan fingerprint density at radius 2 is 2.11 bits per heavy atom. The van der Waals surface area contributed by atoms with Gasteiger partial charge in [-0.05, 0) is 40.7 Å². The van der Waals surface area contributed by atoms with Gasteiger partial charge in [-0.2, -0.15) is 0 Å². The second kappa shape index (κ2) is 5.16. The van der Waals surface area contributed by atoms with Crippen molar-refractivity contribution in [3.8, 4) is 11.3 Å². The zero-order valence-electron chi connectivity index (χ0n) is 9.75. The molecule has 0 aliphatic rings. The number of hydrogen-bond acceptors (Lipinski definition) is 2. The third-order valence-electron chi connectivity index (χ3n) is 2.67. The molecular formula is C12H12BrF2N3. The minimum Gasteiger partial charge on any atom is -0.330 e. The van der Waals surface area contributed by atoms with Crippen molar-refractivity contribution < 1.29 is 8.78 Å². The minimum absolute atomic E-state index is 0.140. The molecule has 2 aromatic rings. The van der Waals surface area contributed by atoms with Gasteiger partial charge in [0.2, 0.25) is 0 Å². The Hall–Kier alpha value is -1.27. The molecule has 0 radical (unpaired) electrons. The highest BCUT2D eigenvalue weighted by atomic mass is 79.9. The lowest BCUT2D eigenvalue weighted by Gasteiger charge is -2.01. The number of benzene rings is 1. The molecule has 2 N–H and O–H groups in total. The van der Waals surface area contributed by atoms with Crippen LogP contribution in [0.3, 0.4) is 0 Å². The Morgan fingerprint density at radius 1 is 1.39 bits per heavy atom. The van der Waals surface area contributed by atoms with Crippen LogP contribution in [0.4, 0.5) is 8.78 Å². The zero-order valence-corrected chi connectivity index (χ0v) is 11.3. The topological polar surface area (TPSA) is 43.8 Å². The molecule has 0 aliphatic carbocycles. The monoisotopic (exact) mass is 315 g/mol.